The Bertz CT molecular complexity index is 1080. The smallest absolute Gasteiger partial charge is 0.273 e. The molecule has 1 aromatic carbocycles. The van der Waals surface area contributed by atoms with Crippen LogP contribution in [0.3, 0.4) is 0 Å². The van der Waals surface area contributed by atoms with Crippen molar-refractivity contribution in [2.24, 2.45) is 0 Å². The fourth-order valence-corrected chi connectivity index (χ4v) is 4.21. The fourth-order valence-electron chi connectivity index (χ4n) is 4.21. The number of oxazole rings is 1. The van der Waals surface area contributed by atoms with E-state index in [1.54, 1.807) is 6.20 Å². The van der Waals surface area contributed by atoms with E-state index >= 15 is 0 Å². The lowest BCUT2D eigenvalue weighted by molar-refractivity contribution is 0.0320. The van der Waals surface area contributed by atoms with Crippen molar-refractivity contribution in [1.82, 2.24) is 25.1 Å². The lowest BCUT2D eigenvalue weighted by atomic mass is 10.1. The molecule has 1 fully saturated rings. The number of carbonyl (C=O) groups is 1. The van der Waals surface area contributed by atoms with E-state index in [1.165, 1.54) is 23.0 Å². The number of aryl methyl sites for hydroxylation is 2. The summed E-state index contributed by atoms with van der Waals surface area (Å²) in [5.41, 5.74) is 5.08. The quantitative estimate of drug-likeness (QED) is 0.455. The zero-order chi connectivity index (χ0) is 24.5. The topological polar surface area (TPSA) is 83.7 Å². The minimum atomic E-state index is -0.231. The minimum absolute atomic E-state index is 0.231. The van der Waals surface area contributed by atoms with Crippen molar-refractivity contribution in [2.45, 2.75) is 33.4 Å². The number of aromatic nitrogens is 2. The first kappa shape index (κ1) is 25.0. The molecular weight excluding hydrogens is 442 g/mol. The molecule has 3 aromatic rings. The number of hydrogen-bond acceptors (Lipinski definition) is 7. The largest absolute Gasteiger partial charge is 0.447 e. The zero-order valence-electron chi connectivity index (χ0n) is 20.7. The van der Waals surface area contributed by atoms with Crippen molar-refractivity contribution in [1.29, 1.82) is 0 Å². The van der Waals surface area contributed by atoms with Gasteiger partial charge in [0.2, 0.25) is 5.89 Å². The first-order chi connectivity index (χ1) is 17.1. The maximum Gasteiger partial charge on any atom is 0.273 e. The van der Waals surface area contributed by atoms with Crippen molar-refractivity contribution >= 4 is 5.91 Å². The molecule has 35 heavy (non-hydrogen) atoms. The average Bonchev–Trinajstić information content (AvgIpc) is 3.34. The van der Waals surface area contributed by atoms with Crippen LogP contribution in [0.15, 0.2) is 53.3 Å². The van der Waals surface area contributed by atoms with E-state index < -0.39 is 0 Å². The highest BCUT2D eigenvalue weighted by Gasteiger charge is 2.18. The lowest BCUT2D eigenvalue weighted by Crippen LogP contribution is -2.41. The van der Waals surface area contributed by atoms with Crippen molar-refractivity contribution in [3.63, 3.8) is 0 Å². The van der Waals surface area contributed by atoms with E-state index in [9.17, 15) is 4.79 Å². The highest BCUT2D eigenvalue weighted by molar-refractivity contribution is 5.91. The van der Waals surface area contributed by atoms with Crippen LogP contribution in [0.1, 0.15) is 38.8 Å². The Morgan fingerprint density at radius 1 is 1.14 bits per heavy atom. The molecule has 186 valence electrons. The lowest BCUT2D eigenvalue weighted by Gasteiger charge is -2.30. The number of rotatable bonds is 11. The van der Waals surface area contributed by atoms with Gasteiger partial charge >= 0.3 is 0 Å². The molecule has 1 amide bonds. The van der Waals surface area contributed by atoms with E-state index in [0.717, 1.165) is 51.6 Å². The van der Waals surface area contributed by atoms with Gasteiger partial charge in [-0.25, -0.2) is 4.98 Å². The number of amides is 1. The molecule has 0 spiro atoms. The van der Waals surface area contributed by atoms with Gasteiger partial charge in [-0.2, -0.15) is 0 Å². The third kappa shape index (κ3) is 7.71. The summed E-state index contributed by atoms with van der Waals surface area (Å²) < 4.78 is 11.2. The van der Waals surface area contributed by atoms with Gasteiger partial charge in [-0.05, 0) is 37.1 Å². The van der Waals surface area contributed by atoms with E-state index in [-0.39, 0.29) is 5.91 Å². The highest BCUT2D eigenvalue weighted by Crippen LogP contribution is 2.16. The van der Waals surface area contributed by atoms with Crippen LogP contribution in [-0.2, 0) is 24.2 Å². The Balaban J connectivity index is 1.35. The Hall–Kier alpha value is -3.07. The SMILES string of the molecule is Cc1ccc(CN(CCN2CCOCC2)Cc2nc(C(=O)NCCc3ccccn3)co2)c(C)c1. The molecule has 2 aromatic heterocycles. The molecular formula is C27H35N5O3. The minimum Gasteiger partial charge on any atom is -0.447 e. The number of carbonyl (C=O) groups excluding carboxylic acids is 1. The van der Waals surface area contributed by atoms with Crippen LogP contribution >= 0.6 is 0 Å². The number of benzene rings is 1. The number of ether oxygens (including phenoxy) is 1. The third-order valence-electron chi connectivity index (χ3n) is 6.26. The molecule has 0 bridgehead atoms. The molecule has 0 radical (unpaired) electrons. The Morgan fingerprint density at radius 2 is 2.00 bits per heavy atom. The van der Waals surface area contributed by atoms with Gasteiger partial charge in [0.15, 0.2) is 5.69 Å². The van der Waals surface area contributed by atoms with Gasteiger partial charge in [0.25, 0.3) is 5.91 Å². The molecule has 0 unspecified atom stereocenters. The summed E-state index contributed by atoms with van der Waals surface area (Å²) in [6.07, 6.45) is 3.87. The molecule has 1 N–H and O–H groups in total. The second-order valence-electron chi connectivity index (χ2n) is 9.05. The Labute approximate surface area is 207 Å². The average molecular weight is 478 g/mol. The highest BCUT2D eigenvalue weighted by atomic mass is 16.5. The molecule has 4 rings (SSSR count). The summed E-state index contributed by atoms with van der Waals surface area (Å²) in [5, 5.41) is 2.90. The van der Waals surface area contributed by atoms with Gasteiger partial charge in [-0.1, -0.05) is 29.8 Å². The van der Waals surface area contributed by atoms with Crippen LogP contribution in [-0.4, -0.2) is 71.6 Å². The number of hydrogen-bond donors (Lipinski definition) is 1. The summed E-state index contributed by atoms with van der Waals surface area (Å²) in [6, 6.07) is 12.3. The van der Waals surface area contributed by atoms with Crippen LogP contribution in [0.5, 0.6) is 0 Å². The second-order valence-corrected chi connectivity index (χ2v) is 9.05. The standard InChI is InChI=1S/C27H35N5O3/c1-21-6-7-23(22(2)17-21)18-32(12-11-31-13-15-34-16-14-31)19-26-30-25(20-35-26)27(33)29-10-8-24-5-3-4-9-28-24/h3-7,9,17,20H,8,10-16,18-19H2,1-2H3,(H,29,33). The maximum absolute atomic E-state index is 12.5. The molecule has 0 saturated carbocycles. The Morgan fingerprint density at radius 3 is 2.77 bits per heavy atom. The normalized spacial score (nSPS) is 14.4. The van der Waals surface area contributed by atoms with Crippen LogP contribution in [0.4, 0.5) is 0 Å². The van der Waals surface area contributed by atoms with Gasteiger partial charge in [0.1, 0.15) is 6.26 Å². The van der Waals surface area contributed by atoms with Gasteiger partial charge in [-0.3, -0.25) is 19.6 Å². The first-order valence-corrected chi connectivity index (χ1v) is 12.3. The molecule has 1 saturated heterocycles. The van der Waals surface area contributed by atoms with E-state index in [0.29, 0.717) is 31.1 Å². The summed E-state index contributed by atoms with van der Waals surface area (Å²) in [5.74, 6) is 0.316. The van der Waals surface area contributed by atoms with E-state index in [1.807, 2.05) is 18.2 Å². The van der Waals surface area contributed by atoms with Crippen molar-refractivity contribution < 1.29 is 13.9 Å². The van der Waals surface area contributed by atoms with Crippen LogP contribution < -0.4 is 5.32 Å². The Kier molecular flexibility index (Phi) is 9.00. The summed E-state index contributed by atoms with van der Waals surface area (Å²) >= 11 is 0. The zero-order valence-corrected chi connectivity index (χ0v) is 20.7. The molecule has 3 heterocycles. The first-order valence-electron chi connectivity index (χ1n) is 12.3. The van der Waals surface area contributed by atoms with Crippen LogP contribution in [0.25, 0.3) is 0 Å². The fraction of sp³-hybridized carbons (Fsp3) is 0.444. The molecule has 8 nitrogen and oxygen atoms in total. The monoisotopic (exact) mass is 477 g/mol. The van der Waals surface area contributed by atoms with Crippen molar-refractivity contribution in [3.05, 3.63) is 82.8 Å². The molecule has 8 heteroatoms. The molecule has 1 aliphatic rings. The number of morpholine rings is 1. The predicted molar refractivity (Wildman–Crippen MR) is 134 cm³/mol. The van der Waals surface area contributed by atoms with Crippen LogP contribution in [0.2, 0.25) is 0 Å². The third-order valence-corrected chi connectivity index (χ3v) is 6.26. The van der Waals surface area contributed by atoms with Crippen molar-refractivity contribution in [3.8, 4) is 0 Å². The van der Waals surface area contributed by atoms with Gasteiger partial charge < -0.3 is 14.5 Å². The van der Waals surface area contributed by atoms with E-state index in [2.05, 4.69) is 57.1 Å². The van der Waals surface area contributed by atoms with Gasteiger partial charge in [0, 0.05) is 57.6 Å². The molecule has 1 aliphatic heterocycles. The molecule has 0 aliphatic carbocycles. The van der Waals surface area contributed by atoms with E-state index in [4.69, 9.17) is 9.15 Å². The van der Waals surface area contributed by atoms with Gasteiger partial charge in [-0.15, -0.1) is 0 Å². The summed E-state index contributed by atoms with van der Waals surface area (Å²) in [6.45, 7) is 11.4. The summed E-state index contributed by atoms with van der Waals surface area (Å²) in [4.78, 5) is 26.1. The number of pyridine rings is 1. The number of nitrogens with one attached hydrogen (secondary N) is 1. The number of nitrogens with zero attached hydrogens (tertiary/aromatic N) is 4. The van der Waals surface area contributed by atoms with Crippen molar-refractivity contribution in [2.75, 3.05) is 45.9 Å². The molecule has 0 atom stereocenters. The second kappa shape index (κ2) is 12.6. The van der Waals surface area contributed by atoms with Crippen LogP contribution in [0, 0.1) is 13.8 Å². The maximum atomic E-state index is 12.5. The summed E-state index contributed by atoms with van der Waals surface area (Å²) in [7, 11) is 0. The predicted octanol–water partition coefficient (Wildman–Crippen LogP) is 2.99. The van der Waals surface area contributed by atoms with Gasteiger partial charge in [0.05, 0.1) is 19.8 Å².